The quantitative estimate of drug-likeness (QED) is 0.779. The Kier molecular flexibility index (Phi) is 2.56. The SMILES string of the molecule is CNCc1cc2ccnc(N)c2cc1C. The predicted octanol–water partition coefficient (Wildman–Crippen LogP) is 1.84. The third-order valence-electron chi connectivity index (χ3n) is 2.62. The van der Waals surface area contributed by atoms with Crippen molar-refractivity contribution in [1.29, 1.82) is 0 Å². The van der Waals surface area contributed by atoms with E-state index in [2.05, 4.69) is 29.4 Å². The van der Waals surface area contributed by atoms with E-state index in [-0.39, 0.29) is 0 Å². The van der Waals surface area contributed by atoms with E-state index < -0.39 is 0 Å². The average Bonchev–Trinajstić information content (AvgIpc) is 2.21. The Hall–Kier alpha value is -1.61. The van der Waals surface area contributed by atoms with Crippen molar-refractivity contribution in [1.82, 2.24) is 10.3 Å². The third-order valence-corrected chi connectivity index (χ3v) is 2.62. The molecule has 0 aliphatic carbocycles. The number of nitrogen functional groups attached to an aromatic ring is 1. The molecule has 2 aromatic rings. The molecule has 0 saturated carbocycles. The van der Waals surface area contributed by atoms with Gasteiger partial charge in [-0.3, -0.25) is 0 Å². The van der Waals surface area contributed by atoms with E-state index >= 15 is 0 Å². The number of rotatable bonds is 2. The summed E-state index contributed by atoms with van der Waals surface area (Å²) in [5.74, 6) is 0.603. The summed E-state index contributed by atoms with van der Waals surface area (Å²) >= 11 is 0. The number of nitrogens with zero attached hydrogens (tertiary/aromatic N) is 1. The Balaban J connectivity index is 2.65. The second-order valence-electron chi connectivity index (χ2n) is 3.73. The normalized spacial score (nSPS) is 10.8. The molecule has 0 bridgehead atoms. The van der Waals surface area contributed by atoms with Gasteiger partial charge in [0.15, 0.2) is 0 Å². The van der Waals surface area contributed by atoms with E-state index in [1.165, 1.54) is 11.1 Å². The first-order chi connectivity index (χ1) is 7.22. The molecule has 3 heteroatoms. The summed E-state index contributed by atoms with van der Waals surface area (Å²) < 4.78 is 0. The average molecular weight is 201 g/mol. The molecule has 15 heavy (non-hydrogen) atoms. The Bertz CT molecular complexity index is 491. The molecule has 0 fully saturated rings. The smallest absolute Gasteiger partial charge is 0.131 e. The molecule has 0 unspecified atom stereocenters. The summed E-state index contributed by atoms with van der Waals surface area (Å²) in [5.41, 5.74) is 8.37. The summed E-state index contributed by atoms with van der Waals surface area (Å²) in [7, 11) is 1.95. The molecule has 3 N–H and O–H groups in total. The minimum absolute atomic E-state index is 0.603. The molecule has 0 aliphatic rings. The number of nitrogens with two attached hydrogens (primary N) is 1. The largest absolute Gasteiger partial charge is 0.383 e. The van der Waals surface area contributed by atoms with Gasteiger partial charge in [0, 0.05) is 18.1 Å². The van der Waals surface area contributed by atoms with E-state index in [0.717, 1.165) is 17.3 Å². The van der Waals surface area contributed by atoms with Crippen molar-refractivity contribution < 1.29 is 0 Å². The zero-order valence-electron chi connectivity index (χ0n) is 9.04. The molecule has 0 spiro atoms. The number of pyridine rings is 1. The van der Waals surface area contributed by atoms with Gasteiger partial charge in [0.05, 0.1) is 0 Å². The summed E-state index contributed by atoms with van der Waals surface area (Å²) in [5, 5.41) is 5.35. The van der Waals surface area contributed by atoms with Crippen molar-refractivity contribution >= 4 is 16.6 Å². The summed E-state index contributed by atoms with van der Waals surface area (Å²) in [6.07, 6.45) is 1.75. The van der Waals surface area contributed by atoms with Gasteiger partial charge in [-0.25, -0.2) is 4.98 Å². The van der Waals surface area contributed by atoms with Gasteiger partial charge in [0.25, 0.3) is 0 Å². The van der Waals surface area contributed by atoms with Crippen molar-refractivity contribution in [3.8, 4) is 0 Å². The van der Waals surface area contributed by atoms with Gasteiger partial charge >= 0.3 is 0 Å². The molecule has 1 aromatic heterocycles. The number of fused-ring (bicyclic) bond motifs is 1. The maximum absolute atomic E-state index is 5.82. The van der Waals surface area contributed by atoms with Crippen LogP contribution in [0.25, 0.3) is 10.8 Å². The first-order valence-corrected chi connectivity index (χ1v) is 5.00. The minimum Gasteiger partial charge on any atom is -0.383 e. The van der Waals surface area contributed by atoms with Gasteiger partial charge in [-0.2, -0.15) is 0 Å². The Morgan fingerprint density at radius 1 is 1.40 bits per heavy atom. The monoisotopic (exact) mass is 201 g/mol. The van der Waals surface area contributed by atoms with E-state index in [9.17, 15) is 0 Å². The minimum atomic E-state index is 0.603. The molecule has 2 rings (SSSR count). The van der Waals surface area contributed by atoms with Crippen LogP contribution < -0.4 is 11.1 Å². The topological polar surface area (TPSA) is 50.9 Å². The summed E-state index contributed by atoms with van der Waals surface area (Å²) in [6.45, 7) is 2.97. The Morgan fingerprint density at radius 3 is 2.93 bits per heavy atom. The van der Waals surface area contributed by atoms with Crippen LogP contribution in [0.15, 0.2) is 24.4 Å². The van der Waals surface area contributed by atoms with Gasteiger partial charge in [-0.05, 0) is 48.7 Å². The lowest BCUT2D eigenvalue weighted by Crippen LogP contribution is -2.06. The molecular weight excluding hydrogens is 186 g/mol. The predicted molar refractivity (Wildman–Crippen MR) is 63.7 cm³/mol. The van der Waals surface area contributed by atoms with Crippen molar-refractivity contribution in [2.75, 3.05) is 12.8 Å². The van der Waals surface area contributed by atoms with Crippen LogP contribution in [-0.4, -0.2) is 12.0 Å². The first kappa shape index (κ1) is 9.93. The number of anilines is 1. The fourth-order valence-electron chi connectivity index (χ4n) is 1.78. The standard InChI is InChI=1S/C12H15N3/c1-8-5-11-9(3-4-15-12(11)13)6-10(8)7-14-2/h3-6,14H,7H2,1-2H3,(H2,13,15). The van der Waals surface area contributed by atoms with Crippen molar-refractivity contribution in [2.45, 2.75) is 13.5 Å². The van der Waals surface area contributed by atoms with Gasteiger partial charge < -0.3 is 11.1 Å². The number of aryl methyl sites for hydroxylation is 1. The molecule has 0 radical (unpaired) electrons. The Morgan fingerprint density at radius 2 is 2.20 bits per heavy atom. The zero-order chi connectivity index (χ0) is 10.8. The van der Waals surface area contributed by atoms with Crippen LogP contribution in [0, 0.1) is 6.92 Å². The second-order valence-corrected chi connectivity index (χ2v) is 3.73. The summed E-state index contributed by atoms with van der Waals surface area (Å²) in [4.78, 5) is 4.09. The maximum Gasteiger partial charge on any atom is 0.131 e. The van der Waals surface area contributed by atoms with Crippen LogP contribution in [-0.2, 0) is 6.54 Å². The highest BCUT2D eigenvalue weighted by Crippen LogP contribution is 2.22. The van der Waals surface area contributed by atoms with Crippen LogP contribution in [0.3, 0.4) is 0 Å². The molecule has 1 aromatic carbocycles. The van der Waals surface area contributed by atoms with Crippen molar-refractivity contribution in [3.05, 3.63) is 35.5 Å². The number of nitrogens with one attached hydrogen (secondary N) is 1. The first-order valence-electron chi connectivity index (χ1n) is 5.00. The van der Waals surface area contributed by atoms with Crippen molar-refractivity contribution in [3.63, 3.8) is 0 Å². The fraction of sp³-hybridized carbons (Fsp3) is 0.250. The van der Waals surface area contributed by atoms with Gasteiger partial charge in [0.2, 0.25) is 0 Å². The molecule has 0 amide bonds. The van der Waals surface area contributed by atoms with Crippen LogP contribution in [0.1, 0.15) is 11.1 Å². The van der Waals surface area contributed by atoms with E-state index in [1.807, 2.05) is 13.1 Å². The third kappa shape index (κ3) is 1.78. The molecular formula is C12H15N3. The molecule has 0 saturated heterocycles. The number of hydrogen-bond donors (Lipinski definition) is 2. The van der Waals surface area contributed by atoms with Crippen LogP contribution in [0.5, 0.6) is 0 Å². The zero-order valence-corrected chi connectivity index (χ0v) is 9.04. The molecule has 0 aliphatic heterocycles. The van der Waals surface area contributed by atoms with Crippen LogP contribution in [0.2, 0.25) is 0 Å². The van der Waals surface area contributed by atoms with E-state index in [0.29, 0.717) is 5.82 Å². The highest BCUT2D eigenvalue weighted by Gasteiger charge is 2.03. The maximum atomic E-state index is 5.82. The van der Waals surface area contributed by atoms with Crippen LogP contribution >= 0.6 is 0 Å². The molecule has 1 heterocycles. The fourth-order valence-corrected chi connectivity index (χ4v) is 1.78. The summed E-state index contributed by atoms with van der Waals surface area (Å²) in [6, 6.07) is 6.26. The van der Waals surface area contributed by atoms with Gasteiger partial charge in [-0.1, -0.05) is 0 Å². The Labute approximate surface area is 89.3 Å². The lowest BCUT2D eigenvalue weighted by atomic mass is 10.0. The molecule has 0 atom stereocenters. The highest BCUT2D eigenvalue weighted by atomic mass is 14.8. The number of hydrogen-bond acceptors (Lipinski definition) is 3. The van der Waals surface area contributed by atoms with Gasteiger partial charge in [0.1, 0.15) is 5.82 Å². The van der Waals surface area contributed by atoms with E-state index in [4.69, 9.17) is 5.73 Å². The van der Waals surface area contributed by atoms with Gasteiger partial charge in [-0.15, -0.1) is 0 Å². The second kappa shape index (κ2) is 3.87. The van der Waals surface area contributed by atoms with Crippen LogP contribution in [0.4, 0.5) is 5.82 Å². The van der Waals surface area contributed by atoms with Crippen molar-refractivity contribution in [2.24, 2.45) is 0 Å². The molecule has 78 valence electrons. The number of aromatic nitrogens is 1. The lowest BCUT2D eigenvalue weighted by molar-refractivity contribution is 0.813. The molecule has 3 nitrogen and oxygen atoms in total. The number of benzene rings is 1. The van der Waals surface area contributed by atoms with E-state index in [1.54, 1.807) is 6.20 Å². The lowest BCUT2D eigenvalue weighted by Gasteiger charge is -2.08. The highest BCUT2D eigenvalue weighted by molar-refractivity contribution is 5.91.